The summed E-state index contributed by atoms with van der Waals surface area (Å²) in [6, 6.07) is 6.99. The lowest BCUT2D eigenvalue weighted by Gasteiger charge is -2.34. The quantitative estimate of drug-likeness (QED) is 0.794. The summed E-state index contributed by atoms with van der Waals surface area (Å²) in [5.74, 6) is -1.86. The molecule has 27 heavy (non-hydrogen) atoms. The second-order valence-electron chi connectivity index (χ2n) is 6.50. The molecule has 0 unspecified atom stereocenters. The molecule has 0 fully saturated rings. The zero-order valence-corrected chi connectivity index (χ0v) is 15.6. The molecule has 9 heteroatoms. The first-order valence-electron chi connectivity index (χ1n) is 8.59. The maximum atomic E-state index is 14.7. The number of guanidine groups is 1. The number of aromatic nitrogens is 1. The van der Waals surface area contributed by atoms with Crippen LogP contribution >= 0.6 is 0 Å². The number of pyridine rings is 1. The standard InChI is InChI=1S/C18H19FN4O3S/c1-18(11-27(25,26)23(2)17(20)22-18)13-9-12(6-7-14(13)19)10-16(24)15-5-3-4-8-21-15/h3-9H,10-11H2,1-2H3,(H2,20,22)/t18-/m0/s1/i6D. The van der Waals surface area contributed by atoms with Crippen molar-refractivity contribution in [1.29, 1.82) is 0 Å². The summed E-state index contributed by atoms with van der Waals surface area (Å²) >= 11 is 0. The second kappa shape index (κ2) is 6.73. The van der Waals surface area contributed by atoms with Crippen molar-refractivity contribution >= 4 is 21.8 Å². The van der Waals surface area contributed by atoms with E-state index in [9.17, 15) is 17.6 Å². The van der Waals surface area contributed by atoms with E-state index in [-0.39, 0.29) is 41.0 Å². The van der Waals surface area contributed by atoms with Gasteiger partial charge in [-0.25, -0.2) is 22.1 Å². The molecule has 0 amide bonds. The number of rotatable bonds is 4. The maximum absolute atomic E-state index is 14.7. The molecule has 0 bridgehead atoms. The molecule has 1 atom stereocenters. The van der Waals surface area contributed by atoms with Gasteiger partial charge in [0.1, 0.15) is 17.1 Å². The molecular weight excluding hydrogens is 371 g/mol. The monoisotopic (exact) mass is 391 g/mol. The minimum Gasteiger partial charge on any atom is -0.369 e. The molecule has 0 spiro atoms. The van der Waals surface area contributed by atoms with Crippen molar-refractivity contribution in [3.63, 3.8) is 0 Å². The molecule has 1 aliphatic rings. The average Bonchev–Trinajstić information content (AvgIpc) is 2.62. The second-order valence-corrected chi connectivity index (χ2v) is 8.50. The van der Waals surface area contributed by atoms with Crippen molar-refractivity contribution in [3.05, 3.63) is 65.2 Å². The molecule has 0 saturated carbocycles. The zero-order chi connectivity index (χ0) is 20.7. The van der Waals surface area contributed by atoms with Gasteiger partial charge in [0.2, 0.25) is 16.0 Å². The number of hydrogen-bond donors (Lipinski definition) is 1. The Labute approximate surface area is 158 Å². The van der Waals surface area contributed by atoms with Crippen molar-refractivity contribution in [2.24, 2.45) is 10.7 Å². The largest absolute Gasteiger partial charge is 0.369 e. The number of Topliss-reactive ketones (excluding diaryl/α,β-unsaturated/α-hetero) is 1. The SMILES string of the molecule is [2H]c1cc(F)c([C@]2(C)CS(=O)(=O)N(C)C(N)=N2)cc1CC(=O)c1ccccn1. The Morgan fingerprint density at radius 3 is 2.81 bits per heavy atom. The Kier molecular flexibility index (Phi) is 4.39. The van der Waals surface area contributed by atoms with E-state index >= 15 is 0 Å². The fourth-order valence-electron chi connectivity index (χ4n) is 2.91. The van der Waals surface area contributed by atoms with Crippen LogP contribution in [0.1, 0.15) is 29.9 Å². The van der Waals surface area contributed by atoms with Gasteiger partial charge in [-0.3, -0.25) is 9.78 Å². The molecule has 1 aromatic heterocycles. The summed E-state index contributed by atoms with van der Waals surface area (Å²) in [6.45, 7) is 1.46. The smallest absolute Gasteiger partial charge is 0.239 e. The zero-order valence-electron chi connectivity index (χ0n) is 15.8. The first kappa shape index (κ1) is 17.6. The third-order valence-corrected chi connectivity index (χ3v) is 6.36. The van der Waals surface area contributed by atoms with Gasteiger partial charge in [-0.15, -0.1) is 0 Å². The molecule has 0 saturated heterocycles. The third-order valence-electron chi connectivity index (χ3n) is 4.41. The Morgan fingerprint density at radius 2 is 2.19 bits per heavy atom. The van der Waals surface area contributed by atoms with Crippen molar-refractivity contribution < 1.29 is 19.0 Å². The minimum absolute atomic E-state index is 0.0352. The minimum atomic E-state index is -3.79. The molecule has 0 aliphatic carbocycles. The van der Waals surface area contributed by atoms with Crippen LogP contribution in [0.3, 0.4) is 0 Å². The highest BCUT2D eigenvalue weighted by Crippen LogP contribution is 2.34. The summed E-state index contributed by atoms with van der Waals surface area (Å²) < 4.78 is 48.2. The Bertz CT molecular complexity index is 1080. The number of sulfonamides is 1. The molecule has 0 radical (unpaired) electrons. The van der Waals surface area contributed by atoms with Crippen LogP contribution in [0.5, 0.6) is 0 Å². The van der Waals surface area contributed by atoms with Gasteiger partial charge in [-0.05, 0) is 36.8 Å². The van der Waals surface area contributed by atoms with E-state index in [1.54, 1.807) is 18.2 Å². The Morgan fingerprint density at radius 1 is 1.44 bits per heavy atom. The van der Waals surface area contributed by atoms with Crippen molar-refractivity contribution in [1.82, 2.24) is 9.29 Å². The summed E-state index contributed by atoms with van der Waals surface area (Å²) in [7, 11) is -2.51. The van der Waals surface area contributed by atoms with E-state index in [4.69, 9.17) is 7.10 Å². The predicted octanol–water partition coefficient (Wildman–Crippen LogP) is 1.45. The molecule has 3 rings (SSSR count). The van der Waals surface area contributed by atoms with Crippen LogP contribution in [0.2, 0.25) is 0 Å². The van der Waals surface area contributed by atoms with Gasteiger partial charge < -0.3 is 5.73 Å². The van der Waals surface area contributed by atoms with Crippen LogP contribution in [0, 0.1) is 5.82 Å². The van der Waals surface area contributed by atoms with Crippen LogP contribution in [0.25, 0.3) is 0 Å². The number of ketones is 1. The van der Waals surface area contributed by atoms with Gasteiger partial charge in [-0.1, -0.05) is 12.1 Å². The van der Waals surface area contributed by atoms with Crippen LogP contribution < -0.4 is 5.73 Å². The predicted molar refractivity (Wildman–Crippen MR) is 99.2 cm³/mol. The number of nitrogens with zero attached hydrogens (tertiary/aromatic N) is 3. The molecule has 1 aliphatic heterocycles. The highest BCUT2D eigenvalue weighted by Gasteiger charge is 2.41. The van der Waals surface area contributed by atoms with Crippen molar-refractivity contribution in [3.8, 4) is 0 Å². The van der Waals surface area contributed by atoms with E-state index < -0.39 is 27.1 Å². The number of carbonyl (C=O) groups is 1. The van der Waals surface area contributed by atoms with Crippen molar-refractivity contribution in [2.75, 3.05) is 12.8 Å². The van der Waals surface area contributed by atoms with Gasteiger partial charge in [-0.2, -0.15) is 0 Å². The van der Waals surface area contributed by atoms with Gasteiger partial charge in [0, 0.05) is 25.2 Å². The van der Waals surface area contributed by atoms with Gasteiger partial charge >= 0.3 is 0 Å². The Hall–Kier alpha value is -2.81. The first-order chi connectivity index (χ1) is 13.0. The van der Waals surface area contributed by atoms with Gasteiger partial charge in [0.25, 0.3) is 0 Å². The van der Waals surface area contributed by atoms with E-state index in [0.29, 0.717) is 0 Å². The van der Waals surface area contributed by atoms with E-state index in [1.807, 2.05) is 0 Å². The molecule has 2 N–H and O–H groups in total. The fourth-order valence-corrected chi connectivity index (χ4v) is 4.36. The summed E-state index contributed by atoms with van der Waals surface area (Å²) in [5.41, 5.74) is 4.68. The van der Waals surface area contributed by atoms with Crippen LogP contribution in [0.4, 0.5) is 4.39 Å². The lowest BCUT2D eigenvalue weighted by Crippen LogP contribution is -2.50. The maximum Gasteiger partial charge on any atom is 0.239 e. The molecular formula is C18H19FN4O3S. The lowest BCUT2D eigenvalue weighted by molar-refractivity contribution is 0.0988. The van der Waals surface area contributed by atoms with E-state index in [1.165, 1.54) is 26.2 Å². The molecule has 7 nitrogen and oxygen atoms in total. The fraction of sp³-hybridized carbons (Fsp3) is 0.278. The number of carbonyl (C=O) groups excluding carboxylic acids is 1. The first-order valence-corrected chi connectivity index (χ1v) is 9.70. The number of benzene rings is 1. The molecule has 142 valence electrons. The van der Waals surface area contributed by atoms with Crippen LogP contribution in [-0.2, 0) is 22.0 Å². The van der Waals surface area contributed by atoms with Crippen LogP contribution in [-0.4, -0.2) is 42.3 Å². The topological polar surface area (TPSA) is 106 Å². The number of halogens is 1. The number of hydrogen-bond acceptors (Lipinski definition) is 6. The van der Waals surface area contributed by atoms with Crippen molar-refractivity contribution in [2.45, 2.75) is 18.9 Å². The molecule has 2 heterocycles. The van der Waals surface area contributed by atoms with Gasteiger partial charge in [0.15, 0.2) is 5.78 Å². The highest BCUT2D eigenvalue weighted by molar-refractivity contribution is 7.89. The van der Waals surface area contributed by atoms with Crippen LogP contribution in [0.15, 0.2) is 47.6 Å². The summed E-state index contributed by atoms with van der Waals surface area (Å²) in [5, 5.41) is 0. The summed E-state index contributed by atoms with van der Waals surface area (Å²) in [4.78, 5) is 20.6. The van der Waals surface area contributed by atoms with Gasteiger partial charge in [0.05, 0.1) is 7.12 Å². The number of nitrogens with two attached hydrogens (primary N) is 1. The lowest BCUT2D eigenvalue weighted by atomic mass is 9.91. The van der Waals surface area contributed by atoms with E-state index in [2.05, 4.69) is 9.98 Å². The third kappa shape index (κ3) is 3.68. The average molecular weight is 391 g/mol. The summed E-state index contributed by atoms with van der Waals surface area (Å²) in [6.07, 6.45) is 1.30. The van der Waals surface area contributed by atoms with E-state index in [0.717, 1.165) is 10.4 Å². The number of aliphatic imine (C=N–C) groups is 1. The highest BCUT2D eigenvalue weighted by atomic mass is 32.2. The molecule has 2 aromatic rings. The Balaban J connectivity index is 2.04. The normalized spacial score (nSPS) is 22.1. The molecule has 1 aromatic carbocycles.